The lowest BCUT2D eigenvalue weighted by molar-refractivity contribution is -0.138. The van der Waals surface area contributed by atoms with Crippen LogP contribution in [0.5, 0.6) is 0 Å². The van der Waals surface area contributed by atoms with E-state index in [2.05, 4.69) is 5.32 Å². The summed E-state index contributed by atoms with van der Waals surface area (Å²) in [7, 11) is 0. The summed E-state index contributed by atoms with van der Waals surface area (Å²) in [6.07, 6.45) is -6.18. The summed E-state index contributed by atoms with van der Waals surface area (Å²) in [4.78, 5) is 11.1. The quantitative estimate of drug-likeness (QED) is 0.787. The molecule has 1 N–H and O–H groups in total. The first-order chi connectivity index (χ1) is 6.49. The minimum absolute atomic E-state index is 0.706. The molecule has 0 radical (unpaired) electrons. The highest BCUT2D eigenvalue weighted by Crippen LogP contribution is 2.21. The molecule has 0 heterocycles. The van der Waals surface area contributed by atoms with Gasteiger partial charge in [-0.2, -0.15) is 13.2 Å². The molecule has 0 aromatic heterocycles. The van der Waals surface area contributed by atoms with Crippen LogP contribution < -0.4 is 5.32 Å². The highest BCUT2D eigenvalue weighted by Gasteiger charge is 2.31. The number of carbonyl (C=O) groups is 1. The van der Waals surface area contributed by atoms with Crippen molar-refractivity contribution in [2.24, 2.45) is 0 Å². The first kappa shape index (κ1) is 14.1. The maximum absolute atomic E-state index is 11.9. The van der Waals surface area contributed by atoms with Crippen molar-refractivity contribution in [3.05, 3.63) is 0 Å². The van der Waals surface area contributed by atoms with E-state index in [0.29, 0.717) is 0 Å². The number of carbonyl (C=O) groups excluding carboxylic acids is 1. The van der Waals surface area contributed by atoms with Gasteiger partial charge < -0.3 is 10.1 Å². The Kier molecular flexibility index (Phi) is 4.42. The number of alkyl halides is 3. The molecule has 0 saturated carbocycles. The number of hydrogen-bond donors (Lipinski definition) is 1. The molecule has 0 aliphatic rings. The van der Waals surface area contributed by atoms with E-state index in [1.165, 1.54) is 6.92 Å². The van der Waals surface area contributed by atoms with Crippen molar-refractivity contribution in [2.45, 2.75) is 51.9 Å². The van der Waals surface area contributed by atoms with Crippen LogP contribution in [0.1, 0.15) is 34.1 Å². The smallest absolute Gasteiger partial charge is 0.407 e. The molecular formula is C9H16F3NO2. The Morgan fingerprint density at radius 2 is 1.80 bits per heavy atom. The summed E-state index contributed by atoms with van der Waals surface area (Å²) in [5, 5.41) is 2.11. The van der Waals surface area contributed by atoms with Crippen molar-refractivity contribution in [1.82, 2.24) is 5.32 Å². The van der Waals surface area contributed by atoms with Crippen LogP contribution >= 0.6 is 0 Å². The predicted octanol–water partition coefficient (Wildman–Crippen LogP) is 2.85. The molecule has 15 heavy (non-hydrogen) atoms. The van der Waals surface area contributed by atoms with Crippen LogP contribution in [-0.4, -0.2) is 23.9 Å². The molecule has 0 bridgehead atoms. The highest BCUT2D eigenvalue weighted by atomic mass is 19.4. The SMILES string of the molecule is C[C@@H](CC(F)(F)F)NC(=O)OC(C)(C)C. The van der Waals surface area contributed by atoms with Crippen molar-refractivity contribution < 1.29 is 22.7 Å². The zero-order chi connectivity index (χ0) is 12.3. The van der Waals surface area contributed by atoms with E-state index < -0.39 is 30.3 Å². The Bertz CT molecular complexity index is 220. The predicted molar refractivity (Wildman–Crippen MR) is 49.5 cm³/mol. The van der Waals surface area contributed by atoms with Crippen LogP contribution in [0.25, 0.3) is 0 Å². The van der Waals surface area contributed by atoms with Gasteiger partial charge in [0.05, 0.1) is 6.42 Å². The number of alkyl carbamates (subject to hydrolysis) is 1. The van der Waals surface area contributed by atoms with Gasteiger partial charge in [0.2, 0.25) is 0 Å². The van der Waals surface area contributed by atoms with Crippen molar-refractivity contribution in [3.63, 3.8) is 0 Å². The number of rotatable bonds is 2. The zero-order valence-electron chi connectivity index (χ0n) is 9.23. The van der Waals surface area contributed by atoms with E-state index in [0.717, 1.165) is 0 Å². The summed E-state index contributed by atoms with van der Waals surface area (Å²) in [6, 6.07) is -0.986. The second kappa shape index (κ2) is 4.72. The lowest BCUT2D eigenvalue weighted by Crippen LogP contribution is -2.39. The standard InChI is InChI=1S/C9H16F3NO2/c1-6(5-9(10,11)12)13-7(14)15-8(2,3)4/h6H,5H2,1-4H3,(H,13,14)/t6-/m0/s1. The van der Waals surface area contributed by atoms with Gasteiger partial charge in [0, 0.05) is 6.04 Å². The molecule has 0 rings (SSSR count). The van der Waals surface area contributed by atoms with E-state index in [-0.39, 0.29) is 0 Å². The average molecular weight is 227 g/mol. The molecule has 0 aromatic rings. The molecule has 0 aliphatic carbocycles. The van der Waals surface area contributed by atoms with E-state index in [1.54, 1.807) is 20.8 Å². The van der Waals surface area contributed by atoms with Gasteiger partial charge in [-0.15, -0.1) is 0 Å². The lowest BCUT2D eigenvalue weighted by Gasteiger charge is -2.22. The first-order valence-corrected chi connectivity index (χ1v) is 4.56. The number of ether oxygens (including phenoxy) is 1. The van der Waals surface area contributed by atoms with Crippen molar-refractivity contribution in [1.29, 1.82) is 0 Å². The van der Waals surface area contributed by atoms with Crippen LogP contribution in [-0.2, 0) is 4.74 Å². The molecule has 1 atom stereocenters. The third-order valence-corrected chi connectivity index (χ3v) is 1.30. The van der Waals surface area contributed by atoms with Gasteiger partial charge in [-0.3, -0.25) is 0 Å². The Labute approximate surface area is 87.0 Å². The van der Waals surface area contributed by atoms with Crippen molar-refractivity contribution in [3.8, 4) is 0 Å². The fraction of sp³-hybridized carbons (Fsp3) is 0.889. The first-order valence-electron chi connectivity index (χ1n) is 4.56. The average Bonchev–Trinajstić information content (AvgIpc) is 1.73. The van der Waals surface area contributed by atoms with Gasteiger partial charge in [-0.25, -0.2) is 4.79 Å². The van der Waals surface area contributed by atoms with Gasteiger partial charge >= 0.3 is 12.3 Å². The van der Waals surface area contributed by atoms with E-state index in [4.69, 9.17) is 4.74 Å². The normalized spacial score (nSPS) is 14.6. The summed E-state index contributed by atoms with van der Waals surface area (Å²) < 4.78 is 40.5. The summed E-state index contributed by atoms with van der Waals surface area (Å²) in [5.41, 5.74) is -0.706. The summed E-state index contributed by atoms with van der Waals surface area (Å²) in [6.45, 7) is 6.19. The topological polar surface area (TPSA) is 38.3 Å². The number of nitrogens with one attached hydrogen (secondary N) is 1. The van der Waals surface area contributed by atoms with Crippen LogP contribution in [0.15, 0.2) is 0 Å². The van der Waals surface area contributed by atoms with Gasteiger partial charge in [0.25, 0.3) is 0 Å². The second-order valence-corrected chi connectivity index (χ2v) is 4.37. The Hall–Kier alpha value is -0.940. The summed E-state index contributed by atoms with van der Waals surface area (Å²) >= 11 is 0. The largest absolute Gasteiger partial charge is 0.444 e. The van der Waals surface area contributed by atoms with E-state index in [1.807, 2.05) is 0 Å². The monoisotopic (exact) mass is 227 g/mol. The Morgan fingerprint density at radius 1 is 1.33 bits per heavy atom. The van der Waals surface area contributed by atoms with E-state index >= 15 is 0 Å². The number of amides is 1. The molecule has 3 nitrogen and oxygen atoms in total. The maximum Gasteiger partial charge on any atom is 0.407 e. The minimum atomic E-state index is -4.28. The van der Waals surface area contributed by atoms with Gasteiger partial charge in [0.1, 0.15) is 5.60 Å². The molecule has 0 aromatic carbocycles. The van der Waals surface area contributed by atoms with Crippen LogP contribution in [0.4, 0.5) is 18.0 Å². The highest BCUT2D eigenvalue weighted by molar-refractivity contribution is 5.68. The molecular weight excluding hydrogens is 211 g/mol. The lowest BCUT2D eigenvalue weighted by atomic mass is 10.2. The molecule has 0 fully saturated rings. The second-order valence-electron chi connectivity index (χ2n) is 4.37. The molecule has 0 spiro atoms. The Morgan fingerprint density at radius 3 is 2.13 bits per heavy atom. The molecule has 90 valence electrons. The minimum Gasteiger partial charge on any atom is -0.444 e. The molecule has 0 unspecified atom stereocenters. The Balaban J connectivity index is 3.98. The number of halogens is 3. The fourth-order valence-corrected chi connectivity index (χ4v) is 0.907. The third kappa shape index (κ3) is 9.37. The van der Waals surface area contributed by atoms with E-state index in [9.17, 15) is 18.0 Å². The van der Waals surface area contributed by atoms with Crippen LogP contribution in [0.2, 0.25) is 0 Å². The zero-order valence-corrected chi connectivity index (χ0v) is 9.23. The van der Waals surface area contributed by atoms with Gasteiger partial charge in [-0.1, -0.05) is 0 Å². The summed E-state index contributed by atoms with van der Waals surface area (Å²) in [5.74, 6) is 0. The molecule has 0 aliphatic heterocycles. The van der Waals surface area contributed by atoms with Crippen LogP contribution in [0, 0.1) is 0 Å². The van der Waals surface area contributed by atoms with Crippen LogP contribution in [0.3, 0.4) is 0 Å². The number of hydrogen-bond acceptors (Lipinski definition) is 2. The maximum atomic E-state index is 11.9. The van der Waals surface area contributed by atoms with Gasteiger partial charge in [-0.05, 0) is 27.7 Å². The third-order valence-electron chi connectivity index (χ3n) is 1.30. The molecule has 1 amide bonds. The van der Waals surface area contributed by atoms with Crippen molar-refractivity contribution >= 4 is 6.09 Å². The molecule has 0 saturated heterocycles. The van der Waals surface area contributed by atoms with Gasteiger partial charge in [0.15, 0.2) is 0 Å². The molecule has 6 heteroatoms. The van der Waals surface area contributed by atoms with Crippen molar-refractivity contribution in [2.75, 3.05) is 0 Å². The fourth-order valence-electron chi connectivity index (χ4n) is 0.907.